The molecular weight excluding hydrogens is 372 g/mol. The van der Waals surface area contributed by atoms with Crippen LogP contribution in [-0.4, -0.2) is 34.7 Å². The smallest absolute Gasteiger partial charge is 0.359 e. The maximum atomic E-state index is 12.6. The van der Waals surface area contributed by atoms with Crippen molar-refractivity contribution in [1.82, 2.24) is 9.78 Å². The molecule has 0 bridgehead atoms. The number of esters is 1. The zero-order valence-corrected chi connectivity index (χ0v) is 16.5. The van der Waals surface area contributed by atoms with Crippen LogP contribution in [0.2, 0.25) is 0 Å². The fourth-order valence-corrected chi connectivity index (χ4v) is 2.89. The highest BCUT2D eigenvalue weighted by atomic mass is 16.5. The van der Waals surface area contributed by atoms with Gasteiger partial charge in [-0.05, 0) is 51.1 Å². The average Bonchev–Trinajstić information content (AvgIpc) is 2.72. The molecule has 0 unspecified atom stereocenters. The van der Waals surface area contributed by atoms with E-state index < -0.39 is 12.6 Å². The second kappa shape index (κ2) is 8.68. The minimum Gasteiger partial charge on any atom is -0.494 e. The normalized spacial score (nSPS) is 10.9. The van der Waals surface area contributed by atoms with E-state index in [0.29, 0.717) is 28.7 Å². The van der Waals surface area contributed by atoms with Crippen molar-refractivity contribution >= 4 is 22.5 Å². The van der Waals surface area contributed by atoms with Crippen LogP contribution in [0.25, 0.3) is 10.8 Å². The van der Waals surface area contributed by atoms with Gasteiger partial charge in [-0.2, -0.15) is 5.10 Å². The third-order valence-corrected chi connectivity index (χ3v) is 4.33. The molecule has 0 atom stereocenters. The number of rotatable bonds is 7. The molecule has 0 saturated carbocycles. The van der Waals surface area contributed by atoms with E-state index in [9.17, 15) is 14.4 Å². The monoisotopic (exact) mass is 394 g/mol. The lowest BCUT2D eigenvalue weighted by Gasteiger charge is -2.13. The van der Waals surface area contributed by atoms with E-state index >= 15 is 0 Å². The lowest BCUT2D eigenvalue weighted by atomic mass is 10.1. The number of carbonyl (C=O) groups excluding carboxylic acids is 2. The predicted molar refractivity (Wildman–Crippen MR) is 109 cm³/mol. The van der Waals surface area contributed by atoms with E-state index in [1.165, 1.54) is 4.68 Å². The molecule has 7 nitrogen and oxygen atoms in total. The van der Waals surface area contributed by atoms with E-state index in [4.69, 9.17) is 9.47 Å². The van der Waals surface area contributed by atoms with E-state index in [0.717, 1.165) is 0 Å². The van der Waals surface area contributed by atoms with Crippen LogP contribution in [-0.2, 0) is 4.74 Å². The number of nitrogens with zero attached hydrogens (tertiary/aromatic N) is 2. The Morgan fingerprint density at radius 3 is 2.31 bits per heavy atom. The van der Waals surface area contributed by atoms with Crippen molar-refractivity contribution in [2.45, 2.75) is 26.8 Å². The summed E-state index contributed by atoms with van der Waals surface area (Å²) in [5, 5.41) is 4.96. The van der Waals surface area contributed by atoms with Gasteiger partial charge in [0.15, 0.2) is 18.1 Å². The number of fused-ring (bicyclic) bond motifs is 1. The molecule has 2 aromatic carbocycles. The number of carbonyl (C=O) groups is 2. The van der Waals surface area contributed by atoms with Gasteiger partial charge in [-0.25, -0.2) is 9.48 Å². The van der Waals surface area contributed by atoms with Gasteiger partial charge in [0.05, 0.1) is 18.0 Å². The molecule has 0 aliphatic carbocycles. The first-order valence-corrected chi connectivity index (χ1v) is 9.37. The molecule has 29 heavy (non-hydrogen) atoms. The van der Waals surface area contributed by atoms with Crippen LogP contribution in [0.1, 0.15) is 47.7 Å². The molecule has 3 aromatic rings. The first-order valence-electron chi connectivity index (χ1n) is 9.37. The van der Waals surface area contributed by atoms with Gasteiger partial charge in [-0.1, -0.05) is 18.2 Å². The highest BCUT2D eigenvalue weighted by Gasteiger charge is 2.20. The SMILES string of the molecule is CCOc1ccc(C(=O)COC(=O)c2nn(C(C)C)c(=O)c3ccccc23)cc1. The molecule has 0 radical (unpaired) electrons. The second-order valence-electron chi connectivity index (χ2n) is 6.69. The summed E-state index contributed by atoms with van der Waals surface area (Å²) in [7, 11) is 0. The molecule has 0 spiro atoms. The van der Waals surface area contributed by atoms with E-state index in [1.807, 2.05) is 6.92 Å². The van der Waals surface area contributed by atoms with E-state index in [1.54, 1.807) is 62.4 Å². The average molecular weight is 394 g/mol. The zero-order valence-electron chi connectivity index (χ0n) is 16.5. The summed E-state index contributed by atoms with van der Waals surface area (Å²) in [5.74, 6) is -0.439. The van der Waals surface area contributed by atoms with Gasteiger partial charge >= 0.3 is 5.97 Å². The summed E-state index contributed by atoms with van der Waals surface area (Å²) in [5.41, 5.74) is 0.136. The van der Waals surface area contributed by atoms with Crippen molar-refractivity contribution in [1.29, 1.82) is 0 Å². The van der Waals surface area contributed by atoms with Crippen molar-refractivity contribution in [3.05, 3.63) is 70.1 Å². The van der Waals surface area contributed by atoms with Gasteiger partial charge in [-0.15, -0.1) is 0 Å². The molecule has 0 aliphatic heterocycles. The summed E-state index contributed by atoms with van der Waals surface area (Å²) >= 11 is 0. The minimum absolute atomic E-state index is 0.00777. The number of aromatic nitrogens is 2. The zero-order chi connectivity index (χ0) is 21.0. The summed E-state index contributed by atoms with van der Waals surface area (Å²) in [6, 6.07) is 13.1. The lowest BCUT2D eigenvalue weighted by Crippen LogP contribution is -2.28. The standard InChI is InChI=1S/C22H22N2O5/c1-4-28-16-11-9-15(10-12-16)19(25)13-29-22(27)20-17-7-5-6-8-18(17)21(26)24(23-20)14(2)3/h5-12,14H,4,13H2,1-3H3. The molecule has 1 heterocycles. The second-order valence-corrected chi connectivity index (χ2v) is 6.69. The first kappa shape index (κ1) is 20.3. The highest BCUT2D eigenvalue weighted by molar-refractivity contribution is 6.04. The van der Waals surface area contributed by atoms with Gasteiger partial charge in [-0.3, -0.25) is 9.59 Å². The van der Waals surface area contributed by atoms with Crippen LogP contribution < -0.4 is 10.3 Å². The minimum atomic E-state index is -0.755. The Balaban J connectivity index is 1.82. The number of ketones is 1. The molecule has 0 fully saturated rings. The Bertz CT molecular complexity index is 1100. The van der Waals surface area contributed by atoms with Crippen molar-refractivity contribution in [2.75, 3.05) is 13.2 Å². The molecule has 0 N–H and O–H groups in total. The van der Waals surface area contributed by atoms with Gasteiger partial charge in [0.25, 0.3) is 5.56 Å². The number of benzene rings is 2. The number of ether oxygens (including phenoxy) is 2. The van der Waals surface area contributed by atoms with Gasteiger partial charge in [0.2, 0.25) is 0 Å². The maximum Gasteiger partial charge on any atom is 0.359 e. The van der Waals surface area contributed by atoms with E-state index in [2.05, 4.69) is 5.10 Å². The van der Waals surface area contributed by atoms with Crippen LogP contribution in [0.4, 0.5) is 0 Å². The molecular formula is C22H22N2O5. The molecule has 1 aromatic heterocycles. The predicted octanol–water partition coefficient (Wildman–Crippen LogP) is 3.42. The Kier molecular flexibility index (Phi) is 6.07. The summed E-state index contributed by atoms with van der Waals surface area (Å²) < 4.78 is 11.8. The number of Topliss-reactive ketones (excluding diaryl/α,β-unsaturated/α-hetero) is 1. The third kappa shape index (κ3) is 4.34. The van der Waals surface area contributed by atoms with Crippen LogP contribution in [0.3, 0.4) is 0 Å². The quantitative estimate of drug-likeness (QED) is 0.451. The van der Waals surface area contributed by atoms with Gasteiger partial charge < -0.3 is 9.47 Å². The van der Waals surface area contributed by atoms with Crippen molar-refractivity contribution in [2.24, 2.45) is 0 Å². The Morgan fingerprint density at radius 2 is 1.69 bits per heavy atom. The molecule has 7 heteroatoms. The summed E-state index contributed by atoms with van der Waals surface area (Å²) in [6.45, 7) is 5.58. The lowest BCUT2D eigenvalue weighted by molar-refractivity contribution is 0.0468. The molecule has 0 aliphatic rings. The van der Waals surface area contributed by atoms with Crippen molar-refractivity contribution in [3.63, 3.8) is 0 Å². The van der Waals surface area contributed by atoms with Gasteiger partial charge in [0.1, 0.15) is 5.75 Å². The fraction of sp³-hybridized carbons (Fsp3) is 0.273. The Hall–Kier alpha value is -3.48. The first-order chi connectivity index (χ1) is 13.9. The summed E-state index contributed by atoms with van der Waals surface area (Å²) in [6.07, 6.45) is 0. The molecule has 3 rings (SSSR count). The van der Waals surface area contributed by atoms with Crippen LogP contribution in [0.15, 0.2) is 53.3 Å². The Morgan fingerprint density at radius 1 is 1.03 bits per heavy atom. The molecule has 0 amide bonds. The van der Waals surface area contributed by atoms with Crippen LogP contribution in [0.5, 0.6) is 5.75 Å². The molecule has 0 saturated heterocycles. The largest absolute Gasteiger partial charge is 0.494 e. The number of hydrogen-bond donors (Lipinski definition) is 0. The van der Waals surface area contributed by atoms with E-state index in [-0.39, 0.29) is 23.1 Å². The Labute approximate surface area is 167 Å². The van der Waals surface area contributed by atoms with Crippen molar-refractivity contribution in [3.8, 4) is 5.75 Å². The fourth-order valence-electron chi connectivity index (χ4n) is 2.89. The third-order valence-electron chi connectivity index (χ3n) is 4.33. The van der Waals surface area contributed by atoms with Gasteiger partial charge in [0, 0.05) is 10.9 Å². The van der Waals surface area contributed by atoms with Crippen LogP contribution >= 0.6 is 0 Å². The topological polar surface area (TPSA) is 87.5 Å². The highest BCUT2D eigenvalue weighted by Crippen LogP contribution is 2.16. The summed E-state index contributed by atoms with van der Waals surface area (Å²) in [4.78, 5) is 37.6. The maximum absolute atomic E-state index is 12.6. The molecule has 150 valence electrons. The number of hydrogen-bond acceptors (Lipinski definition) is 6. The van der Waals surface area contributed by atoms with Crippen LogP contribution in [0, 0.1) is 0 Å². The van der Waals surface area contributed by atoms with Crippen molar-refractivity contribution < 1.29 is 19.1 Å².